The smallest absolute Gasteiger partial charge is 0.321 e. The first kappa shape index (κ1) is 15.3. The molecule has 0 saturated heterocycles. The average Bonchev–Trinajstić information content (AvgIpc) is 2.42. The van der Waals surface area contributed by atoms with Crippen LogP contribution in [0, 0.1) is 0 Å². The Hall–Kier alpha value is -2.12. The average molecular weight is 329 g/mol. The van der Waals surface area contributed by atoms with Crippen LogP contribution < -0.4 is 16.2 Å². The molecule has 0 unspecified atom stereocenters. The summed E-state index contributed by atoms with van der Waals surface area (Å²) >= 11 is 11.8. The van der Waals surface area contributed by atoms with Crippen LogP contribution in [0.15, 0.2) is 23.3 Å². The van der Waals surface area contributed by atoms with Crippen LogP contribution in [-0.4, -0.2) is 28.5 Å². The van der Waals surface area contributed by atoms with Crippen LogP contribution in [-0.2, 0) is 11.3 Å². The molecular formula is C12H10Cl2N4O3. The van der Waals surface area contributed by atoms with E-state index in [2.05, 4.69) is 10.3 Å². The van der Waals surface area contributed by atoms with E-state index in [0.29, 0.717) is 10.5 Å². The van der Waals surface area contributed by atoms with Crippen LogP contribution in [0.3, 0.4) is 0 Å². The van der Waals surface area contributed by atoms with Crippen molar-refractivity contribution in [3.05, 3.63) is 38.9 Å². The van der Waals surface area contributed by atoms with E-state index in [1.54, 1.807) is 0 Å². The molecule has 1 aromatic carbocycles. The summed E-state index contributed by atoms with van der Waals surface area (Å²) in [4.78, 5) is 38.9. The molecule has 0 saturated carbocycles. The number of amides is 3. The van der Waals surface area contributed by atoms with Crippen LogP contribution in [0.25, 0.3) is 10.9 Å². The van der Waals surface area contributed by atoms with Gasteiger partial charge < -0.3 is 5.32 Å². The number of rotatable bonds is 2. The number of fused-ring (bicyclic) bond motifs is 1. The van der Waals surface area contributed by atoms with Gasteiger partial charge in [0.2, 0.25) is 5.91 Å². The standard InChI is InChI=1S/C12H10Cl2N4O3/c1-15-12(21)17-9(19)4-18-5-16-10-7(11(18)20)2-6(13)3-8(10)14/h2-3,5H,4H2,1H3,(H2,15,17,19,21). The van der Waals surface area contributed by atoms with E-state index in [0.717, 1.165) is 4.57 Å². The molecule has 0 atom stereocenters. The second-order valence-electron chi connectivity index (χ2n) is 4.09. The molecule has 0 bridgehead atoms. The summed E-state index contributed by atoms with van der Waals surface area (Å²) in [6.07, 6.45) is 1.19. The third-order valence-corrected chi connectivity index (χ3v) is 3.15. The van der Waals surface area contributed by atoms with E-state index in [9.17, 15) is 14.4 Å². The lowest BCUT2D eigenvalue weighted by atomic mass is 10.2. The lowest BCUT2D eigenvalue weighted by Crippen LogP contribution is -2.40. The zero-order valence-electron chi connectivity index (χ0n) is 10.8. The molecule has 7 nitrogen and oxygen atoms in total. The maximum absolute atomic E-state index is 12.2. The lowest BCUT2D eigenvalue weighted by Gasteiger charge is -2.07. The van der Waals surface area contributed by atoms with Crippen LogP contribution in [0.5, 0.6) is 0 Å². The summed E-state index contributed by atoms with van der Waals surface area (Å²) in [6.45, 7) is -0.348. The molecule has 0 fully saturated rings. The third kappa shape index (κ3) is 3.32. The number of nitrogens with one attached hydrogen (secondary N) is 2. The van der Waals surface area contributed by atoms with Crippen molar-refractivity contribution in [3.63, 3.8) is 0 Å². The van der Waals surface area contributed by atoms with Crippen molar-refractivity contribution < 1.29 is 9.59 Å². The van der Waals surface area contributed by atoms with E-state index in [1.165, 1.54) is 25.5 Å². The molecule has 0 aliphatic carbocycles. The first-order chi connectivity index (χ1) is 9.92. The Kier molecular flexibility index (Phi) is 4.44. The summed E-state index contributed by atoms with van der Waals surface area (Å²) in [6, 6.07) is 2.24. The van der Waals surface area contributed by atoms with Gasteiger partial charge in [-0.1, -0.05) is 23.2 Å². The van der Waals surface area contributed by atoms with Crippen molar-refractivity contribution >= 4 is 46.0 Å². The minimum atomic E-state index is -0.659. The highest BCUT2D eigenvalue weighted by Gasteiger charge is 2.12. The molecule has 0 radical (unpaired) electrons. The second-order valence-corrected chi connectivity index (χ2v) is 4.93. The predicted molar refractivity (Wildman–Crippen MR) is 78.6 cm³/mol. The summed E-state index contributed by atoms with van der Waals surface area (Å²) < 4.78 is 1.06. The fourth-order valence-corrected chi connectivity index (χ4v) is 2.23. The van der Waals surface area contributed by atoms with Gasteiger partial charge in [0.1, 0.15) is 6.54 Å². The number of imide groups is 1. The van der Waals surface area contributed by atoms with Gasteiger partial charge in [-0.2, -0.15) is 0 Å². The highest BCUT2D eigenvalue weighted by Crippen LogP contribution is 2.23. The van der Waals surface area contributed by atoms with Gasteiger partial charge in [-0.05, 0) is 12.1 Å². The van der Waals surface area contributed by atoms with Gasteiger partial charge in [0.15, 0.2) is 0 Å². The molecule has 2 rings (SSSR count). The molecular weight excluding hydrogens is 319 g/mol. The Morgan fingerprint density at radius 3 is 2.71 bits per heavy atom. The van der Waals surface area contributed by atoms with Gasteiger partial charge >= 0.3 is 6.03 Å². The second kappa shape index (κ2) is 6.11. The SMILES string of the molecule is CNC(=O)NC(=O)Cn1cnc2c(Cl)cc(Cl)cc2c1=O. The van der Waals surface area contributed by atoms with Gasteiger partial charge in [0.25, 0.3) is 5.56 Å². The summed E-state index contributed by atoms with van der Waals surface area (Å²) in [5.74, 6) is -0.647. The largest absolute Gasteiger partial charge is 0.341 e. The van der Waals surface area contributed by atoms with E-state index < -0.39 is 17.5 Å². The minimum absolute atomic E-state index is 0.197. The van der Waals surface area contributed by atoms with E-state index >= 15 is 0 Å². The summed E-state index contributed by atoms with van der Waals surface area (Å²) in [5.41, 5.74) is -0.175. The number of hydrogen-bond donors (Lipinski definition) is 2. The molecule has 2 N–H and O–H groups in total. The Morgan fingerprint density at radius 2 is 2.05 bits per heavy atom. The van der Waals surface area contributed by atoms with Crippen molar-refractivity contribution in [2.24, 2.45) is 0 Å². The molecule has 9 heteroatoms. The number of urea groups is 1. The van der Waals surface area contributed by atoms with Crippen molar-refractivity contribution in [3.8, 4) is 0 Å². The Morgan fingerprint density at radius 1 is 1.33 bits per heavy atom. The number of carbonyl (C=O) groups excluding carboxylic acids is 2. The maximum Gasteiger partial charge on any atom is 0.321 e. The molecule has 3 amide bonds. The monoisotopic (exact) mass is 328 g/mol. The quantitative estimate of drug-likeness (QED) is 0.865. The van der Waals surface area contributed by atoms with Gasteiger partial charge in [-0.15, -0.1) is 0 Å². The van der Waals surface area contributed by atoms with Crippen molar-refractivity contribution in [2.75, 3.05) is 7.05 Å². The Bertz CT molecular complexity index is 788. The van der Waals surface area contributed by atoms with Crippen LogP contribution >= 0.6 is 23.2 Å². The topological polar surface area (TPSA) is 93.1 Å². The first-order valence-electron chi connectivity index (χ1n) is 5.78. The minimum Gasteiger partial charge on any atom is -0.341 e. The third-order valence-electron chi connectivity index (χ3n) is 2.64. The number of aromatic nitrogens is 2. The van der Waals surface area contributed by atoms with Crippen LogP contribution in [0.4, 0.5) is 4.79 Å². The summed E-state index contributed by atoms with van der Waals surface area (Å²) in [7, 11) is 1.37. The molecule has 0 aliphatic heterocycles. The van der Waals surface area contributed by atoms with Gasteiger partial charge in [0, 0.05) is 12.1 Å². The molecule has 0 spiro atoms. The number of nitrogens with zero attached hydrogens (tertiary/aromatic N) is 2. The van der Waals surface area contributed by atoms with Crippen LogP contribution in [0.2, 0.25) is 10.0 Å². The van der Waals surface area contributed by atoms with Gasteiger partial charge in [-0.25, -0.2) is 9.78 Å². The highest BCUT2D eigenvalue weighted by atomic mass is 35.5. The molecule has 21 heavy (non-hydrogen) atoms. The number of halogens is 2. The Labute approximate surface area is 128 Å². The predicted octanol–water partition coefficient (Wildman–Crippen LogP) is 1.16. The van der Waals surface area contributed by atoms with E-state index in [1.807, 2.05) is 5.32 Å². The zero-order valence-corrected chi connectivity index (χ0v) is 12.3. The van der Waals surface area contributed by atoms with Crippen LogP contribution in [0.1, 0.15) is 0 Å². The van der Waals surface area contributed by atoms with Gasteiger partial charge in [0.05, 0.1) is 22.3 Å². The van der Waals surface area contributed by atoms with E-state index in [-0.39, 0.29) is 17.0 Å². The number of benzene rings is 1. The maximum atomic E-state index is 12.2. The van der Waals surface area contributed by atoms with Crippen molar-refractivity contribution in [1.82, 2.24) is 20.2 Å². The molecule has 1 heterocycles. The fraction of sp³-hybridized carbons (Fsp3) is 0.167. The lowest BCUT2D eigenvalue weighted by molar-refractivity contribution is -0.120. The zero-order chi connectivity index (χ0) is 15.6. The molecule has 2 aromatic rings. The Balaban J connectivity index is 2.38. The molecule has 0 aliphatic rings. The first-order valence-corrected chi connectivity index (χ1v) is 6.53. The molecule has 1 aromatic heterocycles. The molecule has 110 valence electrons. The normalized spacial score (nSPS) is 10.4. The van der Waals surface area contributed by atoms with E-state index in [4.69, 9.17) is 23.2 Å². The highest BCUT2D eigenvalue weighted by molar-refractivity contribution is 6.38. The van der Waals surface area contributed by atoms with Crippen molar-refractivity contribution in [2.45, 2.75) is 6.54 Å². The number of hydrogen-bond acceptors (Lipinski definition) is 4. The van der Waals surface area contributed by atoms with Gasteiger partial charge in [-0.3, -0.25) is 19.5 Å². The van der Waals surface area contributed by atoms with Crippen molar-refractivity contribution in [1.29, 1.82) is 0 Å². The fourth-order valence-electron chi connectivity index (χ4n) is 1.69. The summed E-state index contributed by atoms with van der Waals surface area (Å²) in [5, 5.41) is 5.01. The number of carbonyl (C=O) groups is 2.